The molecule has 0 aromatic heterocycles. The van der Waals surface area contributed by atoms with E-state index >= 15 is 0 Å². The zero-order valence-corrected chi connectivity index (χ0v) is 9.05. The van der Waals surface area contributed by atoms with Gasteiger partial charge in [0.2, 0.25) is 0 Å². The van der Waals surface area contributed by atoms with Gasteiger partial charge in [0.1, 0.15) is 0 Å². The van der Waals surface area contributed by atoms with Gasteiger partial charge >= 0.3 is 0 Å². The van der Waals surface area contributed by atoms with Crippen molar-refractivity contribution in [1.82, 2.24) is 10.2 Å². The Morgan fingerprint density at radius 1 is 1.29 bits per heavy atom. The molecule has 0 spiro atoms. The number of piperidine rings is 1. The summed E-state index contributed by atoms with van der Waals surface area (Å²) in [6.45, 7) is 5.77. The molecule has 0 bridgehead atoms. The van der Waals surface area contributed by atoms with Crippen LogP contribution in [-0.2, 0) is 0 Å². The van der Waals surface area contributed by atoms with Gasteiger partial charge in [-0.05, 0) is 39.3 Å². The molecule has 0 saturated carbocycles. The summed E-state index contributed by atoms with van der Waals surface area (Å²) in [5.74, 6) is 6.14. The minimum absolute atomic E-state index is 0.481. The van der Waals surface area contributed by atoms with E-state index in [9.17, 15) is 0 Å². The lowest BCUT2D eigenvalue weighted by Crippen LogP contribution is -2.57. The van der Waals surface area contributed by atoms with Crippen molar-refractivity contribution < 1.29 is 0 Å². The summed E-state index contributed by atoms with van der Waals surface area (Å²) in [5.41, 5.74) is 0. The Bertz CT molecular complexity index is 226. The van der Waals surface area contributed by atoms with Gasteiger partial charge < -0.3 is 4.90 Å². The quantitative estimate of drug-likeness (QED) is 0.662. The largest absolute Gasteiger partial charge is 0.302 e. The first-order valence-corrected chi connectivity index (χ1v) is 5.79. The standard InChI is InChI=1S/C12H20N2/c1-2-6-11-9-12(13-11)10-14-7-4-3-5-8-14/h11-13H,3-5,7-10H2,1H3. The summed E-state index contributed by atoms with van der Waals surface area (Å²) in [4.78, 5) is 2.59. The minimum Gasteiger partial charge on any atom is -0.302 e. The van der Waals surface area contributed by atoms with E-state index in [0.717, 1.165) is 0 Å². The Hall–Kier alpha value is -0.520. The molecule has 2 atom stereocenters. The molecule has 2 aliphatic heterocycles. The molecule has 2 nitrogen and oxygen atoms in total. The highest BCUT2D eigenvalue weighted by molar-refractivity contribution is 5.12. The molecule has 0 aromatic carbocycles. The van der Waals surface area contributed by atoms with E-state index in [1.54, 1.807) is 0 Å². The van der Waals surface area contributed by atoms with Gasteiger partial charge in [-0.3, -0.25) is 5.32 Å². The van der Waals surface area contributed by atoms with Crippen LogP contribution in [0.3, 0.4) is 0 Å². The molecule has 0 aliphatic carbocycles. The molecule has 2 unspecified atom stereocenters. The first-order valence-electron chi connectivity index (χ1n) is 5.79. The number of likely N-dealkylation sites (tertiary alicyclic amines) is 1. The highest BCUT2D eigenvalue weighted by Gasteiger charge is 2.28. The van der Waals surface area contributed by atoms with Crippen LogP contribution < -0.4 is 5.32 Å². The average molecular weight is 192 g/mol. The summed E-state index contributed by atoms with van der Waals surface area (Å²) < 4.78 is 0. The summed E-state index contributed by atoms with van der Waals surface area (Å²) >= 11 is 0. The minimum atomic E-state index is 0.481. The molecule has 78 valence electrons. The summed E-state index contributed by atoms with van der Waals surface area (Å²) in [5, 5.41) is 3.51. The fraction of sp³-hybridized carbons (Fsp3) is 0.833. The molecule has 0 amide bonds. The Morgan fingerprint density at radius 3 is 2.64 bits per heavy atom. The molecule has 2 fully saturated rings. The predicted octanol–water partition coefficient (Wildman–Crippen LogP) is 1.23. The molecule has 2 heterocycles. The van der Waals surface area contributed by atoms with Crippen molar-refractivity contribution >= 4 is 0 Å². The van der Waals surface area contributed by atoms with Crippen LogP contribution in [0.4, 0.5) is 0 Å². The molecule has 2 aliphatic rings. The van der Waals surface area contributed by atoms with Gasteiger partial charge in [0.25, 0.3) is 0 Å². The maximum Gasteiger partial charge on any atom is 0.0707 e. The van der Waals surface area contributed by atoms with E-state index in [0.29, 0.717) is 12.1 Å². The van der Waals surface area contributed by atoms with Crippen LogP contribution in [0.5, 0.6) is 0 Å². The number of rotatable bonds is 2. The van der Waals surface area contributed by atoms with Crippen molar-refractivity contribution in [3.8, 4) is 11.8 Å². The number of hydrogen-bond donors (Lipinski definition) is 1. The van der Waals surface area contributed by atoms with Crippen molar-refractivity contribution in [2.75, 3.05) is 19.6 Å². The molecular formula is C12H20N2. The highest BCUT2D eigenvalue weighted by Crippen LogP contribution is 2.15. The molecular weight excluding hydrogens is 172 g/mol. The average Bonchev–Trinajstić information content (AvgIpc) is 2.16. The fourth-order valence-electron chi connectivity index (χ4n) is 2.40. The zero-order chi connectivity index (χ0) is 9.80. The van der Waals surface area contributed by atoms with Crippen molar-refractivity contribution in [3.05, 3.63) is 0 Å². The van der Waals surface area contributed by atoms with Gasteiger partial charge in [0.15, 0.2) is 0 Å². The van der Waals surface area contributed by atoms with Crippen LogP contribution in [0.2, 0.25) is 0 Å². The zero-order valence-electron chi connectivity index (χ0n) is 9.05. The van der Waals surface area contributed by atoms with Crippen LogP contribution in [0.1, 0.15) is 32.6 Å². The maximum absolute atomic E-state index is 3.51. The van der Waals surface area contributed by atoms with Gasteiger partial charge in [0.05, 0.1) is 6.04 Å². The molecule has 0 radical (unpaired) electrons. The Balaban J connectivity index is 1.64. The predicted molar refractivity (Wildman–Crippen MR) is 59.1 cm³/mol. The second-order valence-corrected chi connectivity index (χ2v) is 4.41. The topological polar surface area (TPSA) is 15.3 Å². The third kappa shape index (κ3) is 2.50. The summed E-state index contributed by atoms with van der Waals surface area (Å²) in [7, 11) is 0. The normalized spacial score (nSPS) is 32.9. The van der Waals surface area contributed by atoms with E-state index < -0.39 is 0 Å². The molecule has 2 rings (SSSR count). The smallest absolute Gasteiger partial charge is 0.0707 e. The molecule has 14 heavy (non-hydrogen) atoms. The number of nitrogens with one attached hydrogen (secondary N) is 1. The maximum atomic E-state index is 3.51. The molecule has 2 saturated heterocycles. The first kappa shape index (κ1) is 10.0. The second-order valence-electron chi connectivity index (χ2n) is 4.41. The fourth-order valence-corrected chi connectivity index (χ4v) is 2.40. The summed E-state index contributed by atoms with van der Waals surface area (Å²) in [6, 6.07) is 1.19. The van der Waals surface area contributed by atoms with Crippen molar-refractivity contribution in [3.63, 3.8) is 0 Å². The van der Waals surface area contributed by atoms with E-state index in [-0.39, 0.29) is 0 Å². The van der Waals surface area contributed by atoms with Gasteiger partial charge in [0, 0.05) is 12.6 Å². The van der Waals surface area contributed by atoms with E-state index in [1.807, 2.05) is 6.92 Å². The first-order chi connectivity index (χ1) is 6.88. The van der Waals surface area contributed by atoms with Crippen molar-refractivity contribution in [2.24, 2.45) is 0 Å². The van der Waals surface area contributed by atoms with Gasteiger partial charge in [-0.1, -0.05) is 12.3 Å². The lowest BCUT2D eigenvalue weighted by Gasteiger charge is -2.38. The van der Waals surface area contributed by atoms with E-state index in [2.05, 4.69) is 22.1 Å². The van der Waals surface area contributed by atoms with E-state index in [4.69, 9.17) is 0 Å². The van der Waals surface area contributed by atoms with Gasteiger partial charge in [-0.2, -0.15) is 0 Å². The molecule has 0 aromatic rings. The summed E-state index contributed by atoms with van der Waals surface area (Å²) in [6.07, 6.45) is 5.46. The van der Waals surface area contributed by atoms with Crippen LogP contribution in [0, 0.1) is 11.8 Å². The third-order valence-corrected chi connectivity index (χ3v) is 3.20. The van der Waals surface area contributed by atoms with Crippen molar-refractivity contribution in [1.29, 1.82) is 0 Å². The monoisotopic (exact) mass is 192 g/mol. The molecule has 1 N–H and O–H groups in total. The van der Waals surface area contributed by atoms with Crippen LogP contribution >= 0.6 is 0 Å². The SMILES string of the molecule is CC#CC1CC(CN2CCCCC2)N1. The number of hydrogen-bond acceptors (Lipinski definition) is 2. The highest BCUT2D eigenvalue weighted by atomic mass is 15.2. The van der Waals surface area contributed by atoms with Gasteiger partial charge in [-0.15, -0.1) is 5.92 Å². The van der Waals surface area contributed by atoms with Crippen LogP contribution in [0.15, 0.2) is 0 Å². The van der Waals surface area contributed by atoms with Crippen LogP contribution in [-0.4, -0.2) is 36.6 Å². The van der Waals surface area contributed by atoms with E-state index in [1.165, 1.54) is 45.3 Å². The molecule has 2 heteroatoms. The lowest BCUT2D eigenvalue weighted by atomic mass is 9.96. The Kier molecular flexibility index (Phi) is 3.44. The lowest BCUT2D eigenvalue weighted by molar-refractivity contribution is 0.167. The Labute approximate surface area is 87.1 Å². The second kappa shape index (κ2) is 4.82. The van der Waals surface area contributed by atoms with Crippen LogP contribution in [0.25, 0.3) is 0 Å². The third-order valence-electron chi connectivity index (χ3n) is 3.20. The van der Waals surface area contributed by atoms with Crippen molar-refractivity contribution in [2.45, 2.75) is 44.7 Å². The number of nitrogens with zero attached hydrogens (tertiary/aromatic N) is 1. The van der Waals surface area contributed by atoms with Gasteiger partial charge in [-0.25, -0.2) is 0 Å². The Morgan fingerprint density at radius 2 is 2.00 bits per heavy atom.